The van der Waals surface area contributed by atoms with Gasteiger partial charge in [-0.2, -0.15) is 0 Å². The second kappa shape index (κ2) is 28.9. The number of nitrogens with zero attached hydrogens (tertiary/aromatic N) is 3. The largest absolute Gasteiger partial charge is 0.497 e. The van der Waals surface area contributed by atoms with E-state index < -0.39 is 16.8 Å². The van der Waals surface area contributed by atoms with Gasteiger partial charge >= 0.3 is 0 Å². The fourth-order valence-electron chi connectivity index (χ4n) is 14.2. The van der Waals surface area contributed by atoms with Crippen LogP contribution < -0.4 is 4.74 Å². The molecule has 0 spiro atoms. The molecule has 5 aromatic rings. The molecule has 4 aliphatic carbocycles. The fraction of sp³-hybridized carbons (Fsp3) is 0.565. The van der Waals surface area contributed by atoms with E-state index in [1.807, 2.05) is 60.7 Å². The van der Waals surface area contributed by atoms with E-state index in [-0.39, 0.29) is 29.3 Å². The molecule has 0 amide bonds. The van der Waals surface area contributed by atoms with Gasteiger partial charge in [0.15, 0.2) is 0 Å². The molecule has 9 rings (SSSR count). The third-order valence-electron chi connectivity index (χ3n) is 18.4. The molecule has 0 aromatic heterocycles. The first-order chi connectivity index (χ1) is 37.7. The van der Waals surface area contributed by atoms with E-state index in [0.29, 0.717) is 29.6 Å². The fourth-order valence-corrected chi connectivity index (χ4v) is 14.2. The molecule has 0 saturated heterocycles. The maximum absolute atomic E-state index is 13.2. The highest BCUT2D eigenvalue weighted by molar-refractivity contribution is 5.33. The van der Waals surface area contributed by atoms with Crippen molar-refractivity contribution in [3.63, 3.8) is 0 Å². The molecular formula is C69H96F3N3O4. The molecule has 9 atom stereocenters. The van der Waals surface area contributed by atoms with E-state index in [1.54, 1.807) is 19.2 Å². The number of ether oxygens (including phenoxy) is 1. The highest BCUT2D eigenvalue weighted by Crippen LogP contribution is 2.48. The van der Waals surface area contributed by atoms with Crippen molar-refractivity contribution in [2.24, 2.45) is 41.4 Å². The van der Waals surface area contributed by atoms with E-state index >= 15 is 0 Å². The summed E-state index contributed by atoms with van der Waals surface area (Å²) in [5, 5.41) is 34.8. The third-order valence-corrected chi connectivity index (χ3v) is 18.4. The summed E-state index contributed by atoms with van der Waals surface area (Å²) in [5.74, 6) is 3.29. The molecular weight excluding hydrogens is 992 g/mol. The first kappa shape index (κ1) is 62.1. The zero-order valence-electron chi connectivity index (χ0n) is 49.2. The van der Waals surface area contributed by atoms with Crippen LogP contribution in [0.4, 0.5) is 13.2 Å². The summed E-state index contributed by atoms with van der Waals surface area (Å²) in [5.41, 5.74) is 4.70. The molecule has 3 N–H and O–H groups in total. The van der Waals surface area contributed by atoms with E-state index in [4.69, 9.17) is 4.74 Å². The van der Waals surface area contributed by atoms with Crippen molar-refractivity contribution >= 4 is 0 Å². The first-order valence-electron chi connectivity index (χ1n) is 29.8. The number of rotatable bonds is 17. The topological polar surface area (TPSA) is 79.6 Å². The van der Waals surface area contributed by atoms with Gasteiger partial charge in [-0.3, -0.25) is 0 Å². The van der Waals surface area contributed by atoms with Crippen LogP contribution >= 0.6 is 0 Å². The molecule has 79 heavy (non-hydrogen) atoms. The van der Waals surface area contributed by atoms with Crippen LogP contribution in [0.15, 0.2) is 121 Å². The number of halogens is 3. The van der Waals surface area contributed by atoms with Crippen molar-refractivity contribution in [3.8, 4) is 5.75 Å². The Morgan fingerprint density at radius 2 is 0.797 bits per heavy atom. The number of hydrogen-bond acceptors (Lipinski definition) is 7. The number of aryl methyl sites for hydroxylation is 1. The second-order valence-electron chi connectivity index (χ2n) is 25.5. The minimum atomic E-state index is -0.824. The highest BCUT2D eigenvalue weighted by atomic mass is 19.1. The Labute approximate surface area is 473 Å². The average molecular weight is 1090 g/mol. The van der Waals surface area contributed by atoms with Crippen LogP contribution in [0.5, 0.6) is 5.75 Å². The molecule has 9 unspecified atom stereocenters. The lowest BCUT2D eigenvalue weighted by Crippen LogP contribution is -2.48. The molecule has 4 saturated carbocycles. The lowest BCUT2D eigenvalue weighted by atomic mass is 9.65. The van der Waals surface area contributed by atoms with Gasteiger partial charge in [0.1, 0.15) is 23.2 Å². The standard InChI is InChI=1S/C23H30FNO2.C23H30FNO.C23H36FNO/c1-25(2)16-20-15-18(14-17-4-8-21(24)9-5-17)12-13-23(20,26)19-6-10-22(27-3)11-7-19;1-17-4-8-20(9-5-17)23(26)13-12-19(15-21(23)16-25(2)3)14-18-6-10-22(24)11-7-18;1-25(2)17-21-15-20(14-18-8-10-22(24)11-9-18)12-13-23(21,26)16-19-6-4-3-5-7-19/h4-11,18,20,26H,12-16H2,1-3H3;4-11,19,21,26H,12-16H2,1-3H3;8-11,19-21,26H,3-7,12-17H2,1-2H3. The number of aliphatic hydroxyl groups is 3. The smallest absolute Gasteiger partial charge is 0.123 e. The Morgan fingerprint density at radius 1 is 0.443 bits per heavy atom. The lowest BCUT2D eigenvalue weighted by molar-refractivity contribution is -0.0872. The predicted molar refractivity (Wildman–Crippen MR) is 317 cm³/mol. The molecule has 10 heteroatoms. The van der Waals surface area contributed by atoms with Gasteiger partial charge in [-0.25, -0.2) is 13.2 Å². The van der Waals surface area contributed by atoms with Gasteiger partial charge in [0, 0.05) is 37.4 Å². The van der Waals surface area contributed by atoms with E-state index in [2.05, 4.69) is 88.2 Å². The summed E-state index contributed by atoms with van der Waals surface area (Å²) >= 11 is 0. The van der Waals surface area contributed by atoms with Gasteiger partial charge in [-0.1, -0.05) is 110 Å². The Balaban J connectivity index is 0.000000172. The van der Waals surface area contributed by atoms with Crippen LogP contribution in [0.2, 0.25) is 0 Å². The summed E-state index contributed by atoms with van der Waals surface area (Å²) in [7, 11) is 14.1. The third kappa shape index (κ3) is 18.0. The van der Waals surface area contributed by atoms with Crippen molar-refractivity contribution < 1.29 is 33.2 Å². The molecule has 0 radical (unpaired) electrons. The van der Waals surface area contributed by atoms with E-state index in [0.717, 1.165) is 120 Å². The number of methoxy groups -OCH3 is 1. The van der Waals surface area contributed by atoms with E-state index in [9.17, 15) is 28.5 Å². The minimum Gasteiger partial charge on any atom is -0.497 e. The van der Waals surface area contributed by atoms with Crippen LogP contribution in [0.3, 0.4) is 0 Å². The number of benzene rings is 5. The predicted octanol–water partition coefficient (Wildman–Crippen LogP) is 13.8. The minimum absolute atomic E-state index is 0.153. The van der Waals surface area contributed by atoms with Crippen molar-refractivity contribution in [1.29, 1.82) is 0 Å². The monoisotopic (exact) mass is 1090 g/mol. The first-order valence-corrected chi connectivity index (χ1v) is 29.8. The van der Waals surface area contributed by atoms with Crippen LogP contribution in [0.25, 0.3) is 0 Å². The summed E-state index contributed by atoms with van der Waals surface area (Å²) in [4.78, 5) is 6.56. The molecule has 5 aromatic carbocycles. The maximum Gasteiger partial charge on any atom is 0.123 e. The van der Waals surface area contributed by atoms with Crippen LogP contribution in [-0.2, 0) is 30.5 Å². The van der Waals surface area contributed by atoms with Gasteiger partial charge in [0.2, 0.25) is 0 Å². The second-order valence-corrected chi connectivity index (χ2v) is 25.5. The molecule has 432 valence electrons. The SMILES string of the molecule is CN(C)CC1CC(Cc2ccc(F)cc2)CCC1(O)CC1CCCCC1.COc1ccc(C2(O)CCC(Cc3ccc(F)cc3)CC2CN(C)C)cc1.Cc1ccc(C2(O)CCC(Cc3ccc(F)cc3)CC2CN(C)C)cc1. The lowest BCUT2D eigenvalue weighted by Gasteiger charge is -2.46. The van der Waals surface area contributed by atoms with Gasteiger partial charge < -0.3 is 34.8 Å². The van der Waals surface area contributed by atoms with Gasteiger partial charge in [0.05, 0.1) is 23.9 Å². The highest BCUT2D eigenvalue weighted by Gasteiger charge is 2.46. The quantitative estimate of drug-likeness (QED) is 0.0856. The van der Waals surface area contributed by atoms with Crippen LogP contribution in [-0.4, -0.2) is 105 Å². The normalized spacial score (nSPS) is 27.5. The van der Waals surface area contributed by atoms with Crippen molar-refractivity contribution in [2.45, 2.75) is 139 Å². The van der Waals surface area contributed by atoms with Gasteiger partial charge in [-0.05, 0) is 233 Å². The van der Waals surface area contributed by atoms with Crippen molar-refractivity contribution in [2.75, 3.05) is 69.0 Å². The zero-order valence-corrected chi connectivity index (χ0v) is 49.2. The summed E-state index contributed by atoms with van der Waals surface area (Å²) in [6.45, 7) is 4.74. The summed E-state index contributed by atoms with van der Waals surface area (Å²) in [6.07, 6.45) is 19.0. The maximum atomic E-state index is 13.2. The molecule has 0 heterocycles. The molecule has 0 bridgehead atoms. The molecule has 4 fully saturated rings. The summed E-state index contributed by atoms with van der Waals surface area (Å²) < 4.78 is 44.7. The van der Waals surface area contributed by atoms with Gasteiger partial charge in [-0.15, -0.1) is 0 Å². The van der Waals surface area contributed by atoms with Crippen molar-refractivity contribution in [3.05, 3.63) is 172 Å². The van der Waals surface area contributed by atoms with Gasteiger partial charge in [0.25, 0.3) is 0 Å². The van der Waals surface area contributed by atoms with E-state index in [1.165, 1.54) is 78.6 Å². The Morgan fingerprint density at radius 3 is 1.18 bits per heavy atom. The zero-order chi connectivity index (χ0) is 56.7. The Bertz CT molecular complexity index is 2550. The molecule has 7 nitrogen and oxygen atoms in total. The van der Waals surface area contributed by atoms with Crippen molar-refractivity contribution in [1.82, 2.24) is 14.7 Å². The molecule has 0 aliphatic heterocycles. The number of hydrogen-bond donors (Lipinski definition) is 3. The Hall–Kier alpha value is -4.55. The summed E-state index contributed by atoms with van der Waals surface area (Å²) in [6, 6.07) is 36.8. The average Bonchev–Trinajstić information content (AvgIpc) is 3.46. The van der Waals surface area contributed by atoms with Crippen LogP contribution in [0, 0.1) is 65.8 Å². The molecule has 4 aliphatic rings. The Kier molecular flexibility index (Phi) is 22.7. The van der Waals surface area contributed by atoms with Crippen LogP contribution in [0.1, 0.15) is 130 Å².